The van der Waals surface area contributed by atoms with Crippen LogP contribution in [0, 0.1) is 27.7 Å². The zero-order valence-electron chi connectivity index (χ0n) is 14.2. The Morgan fingerprint density at radius 2 is 1.83 bits per heavy atom. The molecule has 0 bridgehead atoms. The van der Waals surface area contributed by atoms with Crippen molar-refractivity contribution < 1.29 is 9.21 Å². The Morgan fingerprint density at radius 1 is 1.12 bits per heavy atom. The van der Waals surface area contributed by atoms with E-state index < -0.39 is 0 Å². The highest BCUT2D eigenvalue weighted by atomic mass is 16.3. The van der Waals surface area contributed by atoms with Crippen LogP contribution in [0.15, 0.2) is 28.9 Å². The van der Waals surface area contributed by atoms with E-state index in [9.17, 15) is 4.79 Å². The van der Waals surface area contributed by atoms with Gasteiger partial charge >= 0.3 is 0 Å². The van der Waals surface area contributed by atoms with E-state index in [4.69, 9.17) is 4.42 Å². The number of aromatic nitrogens is 2. The number of fused-ring (bicyclic) bond motifs is 1. The fourth-order valence-electron chi connectivity index (χ4n) is 2.65. The molecule has 0 saturated heterocycles. The van der Waals surface area contributed by atoms with Crippen LogP contribution >= 0.6 is 0 Å². The minimum absolute atomic E-state index is 0.182. The fraction of sp³-hybridized carbons (Fsp3) is 0.278. The van der Waals surface area contributed by atoms with Gasteiger partial charge in [-0.25, -0.2) is 9.97 Å². The van der Waals surface area contributed by atoms with E-state index in [-0.39, 0.29) is 12.3 Å². The highest BCUT2D eigenvalue weighted by Gasteiger charge is 2.13. The molecule has 0 atom stereocenters. The second-order valence-electron chi connectivity index (χ2n) is 5.97. The molecule has 0 fully saturated rings. The number of amides is 1. The fourth-order valence-corrected chi connectivity index (χ4v) is 2.65. The van der Waals surface area contributed by atoms with Gasteiger partial charge in [-0.15, -0.1) is 0 Å². The maximum Gasteiger partial charge on any atom is 0.242 e. The summed E-state index contributed by atoms with van der Waals surface area (Å²) in [6.45, 7) is 7.81. The van der Waals surface area contributed by atoms with Crippen molar-refractivity contribution >= 4 is 22.8 Å². The SMILES string of the molecule is Cc1cc(C)nc(NNC(=O)Cc2coc3c(C)c(C)ccc23)n1. The third-order valence-electron chi connectivity index (χ3n) is 3.99. The number of hydrogen-bond acceptors (Lipinski definition) is 5. The predicted octanol–water partition coefficient (Wildman–Crippen LogP) is 3.14. The molecule has 1 amide bonds. The quantitative estimate of drug-likeness (QED) is 0.721. The van der Waals surface area contributed by atoms with Gasteiger partial charge in [0.2, 0.25) is 11.9 Å². The molecule has 2 N–H and O–H groups in total. The van der Waals surface area contributed by atoms with Gasteiger partial charge in [0.1, 0.15) is 5.58 Å². The molecule has 0 spiro atoms. The molecular formula is C18H20N4O2. The van der Waals surface area contributed by atoms with E-state index in [1.165, 1.54) is 5.56 Å². The third-order valence-corrected chi connectivity index (χ3v) is 3.99. The molecule has 24 heavy (non-hydrogen) atoms. The third kappa shape index (κ3) is 3.22. The van der Waals surface area contributed by atoms with Crippen LogP contribution in [0.5, 0.6) is 0 Å². The molecule has 1 aromatic carbocycles. The largest absolute Gasteiger partial charge is 0.464 e. The smallest absolute Gasteiger partial charge is 0.242 e. The molecule has 124 valence electrons. The minimum Gasteiger partial charge on any atom is -0.464 e. The Balaban J connectivity index is 1.70. The molecular weight excluding hydrogens is 304 g/mol. The van der Waals surface area contributed by atoms with Crippen LogP contribution in [-0.2, 0) is 11.2 Å². The molecule has 0 aliphatic heterocycles. The average Bonchev–Trinajstić information content (AvgIpc) is 2.92. The number of rotatable bonds is 4. The van der Waals surface area contributed by atoms with Gasteiger partial charge in [-0.05, 0) is 44.9 Å². The number of hydrogen-bond donors (Lipinski definition) is 2. The first-order chi connectivity index (χ1) is 11.4. The summed E-state index contributed by atoms with van der Waals surface area (Å²) in [6, 6.07) is 5.90. The van der Waals surface area contributed by atoms with Crippen LogP contribution in [0.3, 0.4) is 0 Å². The van der Waals surface area contributed by atoms with E-state index in [2.05, 4.69) is 20.8 Å². The van der Waals surface area contributed by atoms with E-state index in [0.29, 0.717) is 5.95 Å². The van der Waals surface area contributed by atoms with Crippen molar-refractivity contribution in [2.24, 2.45) is 0 Å². The van der Waals surface area contributed by atoms with Gasteiger partial charge in [-0.1, -0.05) is 12.1 Å². The summed E-state index contributed by atoms with van der Waals surface area (Å²) in [6.07, 6.45) is 1.86. The summed E-state index contributed by atoms with van der Waals surface area (Å²) < 4.78 is 5.63. The van der Waals surface area contributed by atoms with Crippen LogP contribution in [0.4, 0.5) is 5.95 Å². The Morgan fingerprint density at radius 3 is 2.54 bits per heavy atom. The van der Waals surface area contributed by atoms with E-state index in [1.54, 1.807) is 6.26 Å². The molecule has 0 unspecified atom stereocenters. The van der Waals surface area contributed by atoms with Crippen molar-refractivity contribution in [3.63, 3.8) is 0 Å². The van der Waals surface area contributed by atoms with Gasteiger partial charge in [0, 0.05) is 22.3 Å². The number of anilines is 1. The number of benzene rings is 1. The molecule has 6 heteroatoms. The molecule has 3 aromatic rings. The van der Waals surface area contributed by atoms with Crippen LogP contribution < -0.4 is 10.9 Å². The lowest BCUT2D eigenvalue weighted by molar-refractivity contribution is -0.119. The number of aryl methyl sites for hydroxylation is 4. The number of furan rings is 1. The van der Waals surface area contributed by atoms with Crippen molar-refractivity contribution in [2.75, 3.05) is 5.43 Å². The standard InChI is InChI=1S/C18H20N4O2/c1-10-5-6-15-14(9-24-17(15)13(10)4)8-16(23)21-22-18-19-11(2)7-12(3)20-18/h5-7,9H,8H2,1-4H3,(H,21,23)(H,19,20,22). The number of nitrogens with one attached hydrogen (secondary N) is 2. The van der Waals surface area contributed by atoms with E-state index in [0.717, 1.165) is 33.5 Å². The van der Waals surface area contributed by atoms with Gasteiger partial charge in [0.25, 0.3) is 0 Å². The van der Waals surface area contributed by atoms with Crippen LogP contribution in [0.1, 0.15) is 28.1 Å². The Hall–Kier alpha value is -2.89. The lowest BCUT2D eigenvalue weighted by Crippen LogP contribution is -2.31. The van der Waals surface area contributed by atoms with Gasteiger partial charge in [0.15, 0.2) is 0 Å². The lowest BCUT2D eigenvalue weighted by Gasteiger charge is -2.08. The van der Waals surface area contributed by atoms with Gasteiger partial charge in [-0.2, -0.15) is 0 Å². The van der Waals surface area contributed by atoms with Crippen molar-refractivity contribution in [1.29, 1.82) is 0 Å². The summed E-state index contributed by atoms with van der Waals surface area (Å²) in [7, 11) is 0. The van der Waals surface area contributed by atoms with Crippen molar-refractivity contribution in [2.45, 2.75) is 34.1 Å². The predicted molar refractivity (Wildman–Crippen MR) is 92.7 cm³/mol. The molecule has 2 heterocycles. The summed E-state index contributed by atoms with van der Waals surface area (Å²) in [4.78, 5) is 20.6. The highest BCUT2D eigenvalue weighted by Crippen LogP contribution is 2.26. The first kappa shape index (κ1) is 16.0. The molecule has 6 nitrogen and oxygen atoms in total. The van der Waals surface area contributed by atoms with Gasteiger partial charge < -0.3 is 4.42 Å². The first-order valence-electron chi connectivity index (χ1n) is 7.77. The molecule has 0 aliphatic rings. The molecule has 0 saturated carbocycles. The van der Waals surface area contributed by atoms with Crippen molar-refractivity contribution in [1.82, 2.24) is 15.4 Å². The molecule has 3 rings (SSSR count). The summed E-state index contributed by atoms with van der Waals surface area (Å²) in [5, 5.41) is 0.968. The summed E-state index contributed by atoms with van der Waals surface area (Å²) in [5.41, 5.74) is 11.0. The average molecular weight is 324 g/mol. The maximum absolute atomic E-state index is 12.2. The summed E-state index contributed by atoms with van der Waals surface area (Å²) >= 11 is 0. The molecule has 2 aromatic heterocycles. The number of carbonyl (C=O) groups excluding carboxylic acids is 1. The zero-order chi connectivity index (χ0) is 17.3. The van der Waals surface area contributed by atoms with Crippen LogP contribution in [-0.4, -0.2) is 15.9 Å². The normalized spacial score (nSPS) is 10.8. The monoisotopic (exact) mass is 324 g/mol. The zero-order valence-corrected chi connectivity index (χ0v) is 14.2. The maximum atomic E-state index is 12.2. The number of carbonyl (C=O) groups is 1. The molecule has 0 aliphatic carbocycles. The van der Waals surface area contributed by atoms with Crippen LogP contribution in [0.2, 0.25) is 0 Å². The first-order valence-corrected chi connectivity index (χ1v) is 7.77. The second kappa shape index (κ2) is 6.31. The Bertz CT molecular complexity index is 895. The molecule has 0 radical (unpaired) electrons. The van der Waals surface area contributed by atoms with Gasteiger partial charge in [0.05, 0.1) is 12.7 Å². The lowest BCUT2D eigenvalue weighted by atomic mass is 10.0. The Kier molecular flexibility index (Phi) is 4.20. The topological polar surface area (TPSA) is 80.0 Å². The van der Waals surface area contributed by atoms with Crippen molar-refractivity contribution in [3.8, 4) is 0 Å². The summed E-state index contributed by atoms with van der Waals surface area (Å²) in [5.74, 6) is 0.197. The van der Waals surface area contributed by atoms with E-state index in [1.807, 2.05) is 45.9 Å². The van der Waals surface area contributed by atoms with E-state index >= 15 is 0 Å². The second-order valence-corrected chi connectivity index (χ2v) is 5.97. The van der Waals surface area contributed by atoms with Crippen molar-refractivity contribution in [3.05, 3.63) is 52.5 Å². The Labute approximate surface area is 140 Å². The van der Waals surface area contributed by atoms with Gasteiger partial charge in [-0.3, -0.25) is 15.6 Å². The number of nitrogens with zero attached hydrogens (tertiary/aromatic N) is 2. The number of hydrazine groups is 1. The minimum atomic E-state index is -0.182. The van der Waals surface area contributed by atoms with Crippen LogP contribution in [0.25, 0.3) is 11.0 Å². The highest BCUT2D eigenvalue weighted by molar-refractivity contribution is 5.89.